The van der Waals surface area contributed by atoms with Crippen LogP contribution < -0.4 is 5.32 Å². The lowest BCUT2D eigenvalue weighted by Crippen LogP contribution is -2.26. The Bertz CT molecular complexity index is 551. The van der Waals surface area contributed by atoms with Gasteiger partial charge in [0.25, 0.3) is 0 Å². The van der Waals surface area contributed by atoms with Crippen molar-refractivity contribution >= 4 is 0 Å². The van der Waals surface area contributed by atoms with E-state index in [-0.39, 0.29) is 12.1 Å². The minimum absolute atomic E-state index is 0.154. The van der Waals surface area contributed by atoms with Crippen LogP contribution in [0, 0.1) is 5.92 Å². The first-order valence-electron chi connectivity index (χ1n) is 7.66. The highest BCUT2D eigenvalue weighted by Crippen LogP contribution is 2.30. The first-order chi connectivity index (χ1) is 10.1. The molecule has 2 rings (SSSR count). The quantitative estimate of drug-likeness (QED) is 0.795. The third kappa shape index (κ3) is 4.33. The fraction of sp³-hybridized carbons (Fsp3) is 0.368. The van der Waals surface area contributed by atoms with Crippen LogP contribution in [0.2, 0.25) is 0 Å². The van der Waals surface area contributed by atoms with Gasteiger partial charge < -0.3 is 10.4 Å². The second-order valence-electron chi connectivity index (χ2n) is 6.04. The van der Waals surface area contributed by atoms with Crippen molar-refractivity contribution in [2.45, 2.75) is 39.3 Å². The number of benzene rings is 2. The maximum Gasteiger partial charge on any atom is 0.120 e. The first kappa shape index (κ1) is 15.6. The summed E-state index contributed by atoms with van der Waals surface area (Å²) in [5, 5.41) is 13.8. The largest absolute Gasteiger partial charge is 0.508 e. The van der Waals surface area contributed by atoms with Crippen LogP contribution in [0.4, 0.5) is 0 Å². The molecule has 2 heteroatoms. The molecule has 0 saturated heterocycles. The van der Waals surface area contributed by atoms with E-state index in [2.05, 4.69) is 50.4 Å². The molecule has 2 aromatic carbocycles. The highest BCUT2D eigenvalue weighted by molar-refractivity contribution is 5.35. The molecule has 0 bridgehead atoms. The van der Waals surface area contributed by atoms with E-state index in [1.807, 2.05) is 24.3 Å². The molecule has 0 spiro atoms. The van der Waals surface area contributed by atoms with Crippen LogP contribution in [0.15, 0.2) is 54.6 Å². The van der Waals surface area contributed by atoms with E-state index in [9.17, 15) is 5.11 Å². The third-order valence-corrected chi connectivity index (χ3v) is 3.77. The van der Waals surface area contributed by atoms with E-state index in [4.69, 9.17) is 0 Å². The van der Waals surface area contributed by atoms with Gasteiger partial charge in [-0.2, -0.15) is 0 Å². The Hall–Kier alpha value is -1.80. The second-order valence-corrected chi connectivity index (χ2v) is 6.04. The van der Waals surface area contributed by atoms with E-state index in [0.717, 1.165) is 12.0 Å². The lowest BCUT2D eigenvalue weighted by molar-refractivity contribution is 0.377. The highest BCUT2D eigenvalue weighted by atomic mass is 16.3. The Morgan fingerprint density at radius 2 is 1.52 bits per heavy atom. The number of phenolic OH excluding ortho intramolecular Hbond substituents is 1. The molecule has 21 heavy (non-hydrogen) atoms. The van der Waals surface area contributed by atoms with Crippen LogP contribution >= 0.6 is 0 Å². The minimum atomic E-state index is 0.154. The van der Waals surface area contributed by atoms with Crippen molar-refractivity contribution in [1.29, 1.82) is 0 Å². The number of aromatic hydroxyl groups is 1. The summed E-state index contributed by atoms with van der Waals surface area (Å²) in [6.07, 6.45) is 0.995. The van der Waals surface area contributed by atoms with Gasteiger partial charge >= 0.3 is 0 Å². The maximum absolute atomic E-state index is 10.1. The number of para-hydroxylation sites is 1. The summed E-state index contributed by atoms with van der Waals surface area (Å²) in [6.45, 7) is 6.59. The van der Waals surface area contributed by atoms with E-state index in [0.29, 0.717) is 11.7 Å². The fourth-order valence-corrected chi connectivity index (χ4v) is 2.68. The lowest BCUT2D eigenvalue weighted by atomic mass is 9.94. The van der Waals surface area contributed by atoms with Crippen LogP contribution in [-0.4, -0.2) is 5.11 Å². The standard InChI is InChI=1S/C19H25NO/c1-14(2)13-18(17-11-7-8-12-19(17)21)20-15(3)16-9-5-4-6-10-16/h4-12,14-15,18,20-21H,13H2,1-3H3/t15-,18+/m1/s1. The molecule has 0 fully saturated rings. The van der Waals surface area contributed by atoms with Gasteiger partial charge in [0.05, 0.1) is 0 Å². The molecular formula is C19H25NO. The van der Waals surface area contributed by atoms with E-state index >= 15 is 0 Å². The average Bonchev–Trinajstić information content (AvgIpc) is 2.47. The molecule has 0 aliphatic carbocycles. The van der Waals surface area contributed by atoms with Gasteiger partial charge in [-0.25, -0.2) is 0 Å². The summed E-state index contributed by atoms with van der Waals surface area (Å²) < 4.78 is 0. The fourth-order valence-electron chi connectivity index (χ4n) is 2.68. The molecule has 0 amide bonds. The Balaban J connectivity index is 2.19. The predicted molar refractivity (Wildman–Crippen MR) is 88.3 cm³/mol. The molecule has 0 radical (unpaired) electrons. The number of rotatable bonds is 6. The third-order valence-electron chi connectivity index (χ3n) is 3.77. The molecule has 2 atom stereocenters. The van der Waals surface area contributed by atoms with Crippen LogP contribution in [-0.2, 0) is 0 Å². The molecule has 0 unspecified atom stereocenters. The summed E-state index contributed by atoms with van der Waals surface area (Å²) in [7, 11) is 0. The van der Waals surface area contributed by atoms with Gasteiger partial charge in [-0.3, -0.25) is 0 Å². The maximum atomic E-state index is 10.1. The summed E-state index contributed by atoms with van der Waals surface area (Å²) in [4.78, 5) is 0. The van der Waals surface area contributed by atoms with Crippen LogP contribution in [0.5, 0.6) is 5.75 Å². The Morgan fingerprint density at radius 1 is 0.905 bits per heavy atom. The van der Waals surface area contributed by atoms with Crippen molar-refractivity contribution in [3.63, 3.8) is 0 Å². The van der Waals surface area contributed by atoms with Crippen molar-refractivity contribution in [2.24, 2.45) is 5.92 Å². The molecule has 0 aromatic heterocycles. The molecule has 0 aliphatic heterocycles. The van der Waals surface area contributed by atoms with Crippen LogP contribution in [0.3, 0.4) is 0 Å². The zero-order valence-electron chi connectivity index (χ0n) is 13.1. The summed E-state index contributed by atoms with van der Waals surface area (Å²) >= 11 is 0. The number of phenols is 1. The number of hydrogen-bond donors (Lipinski definition) is 2. The Labute approximate surface area is 127 Å². The zero-order chi connectivity index (χ0) is 15.2. The van der Waals surface area contributed by atoms with Crippen molar-refractivity contribution in [2.75, 3.05) is 0 Å². The Morgan fingerprint density at radius 3 is 2.14 bits per heavy atom. The van der Waals surface area contributed by atoms with E-state index < -0.39 is 0 Å². The van der Waals surface area contributed by atoms with Crippen molar-refractivity contribution in [3.05, 3.63) is 65.7 Å². The summed E-state index contributed by atoms with van der Waals surface area (Å²) in [5.41, 5.74) is 2.25. The molecule has 0 saturated carbocycles. The SMILES string of the molecule is CC(C)C[C@H](N[C@H](C)c1ccccc1)c1ccccc1O. The normalized spacial score (nSPS) is 14.1. The predicted octanol–water partition coefficient (Wildman–Crippen LogP) is 4.83. The molecule has 0 heterocycles. The van der Waals surface area contributed by atoms with Crippen molar-refractivity contribution in [3.8, 4) is 5.75 Å². The highest BCUT2D eigenvalue weighted by Gasteiger charge is 2.19. The summed E-state index contributed by atoms with van der Waals surface area (Å²) in [5.74, 6) is 0.931. The molecular weight excluding hydrogens is 258 g/mol. The van der Waals surface area contributed by atoms with Crippen molar-refractivity contribution in [1.82, 2.24) is 5.32 Å². The Kier molecular flexibility index (Phi) is 5.40. The summed E-state index contributed by atoms with van der Waals surface area (Å²) in [6, 6.07) is 18.4. The average molecular weight is 283 g/mol. The molecule has 2 nitrogen and oxygen atoms in total. The number of hydrogen-bond acceptors (Lipinski definition) is 2. The van der Waals surface area contributed by atoms with Crippen LogP contribution in [0.1, 0.15) is 50.4 Å². The van der Waals surface area contributed by atoms with Gasteiger partial charge in [-0.15, -0.1) is 0 Å². The van der Waals surface area contributed by atoms with Crippen LogP contribution in [0.25, 0.3) is 0 Å². The van der Waals surface area contributed by atoms with Gasteiger partial charge in [-0.1, -0.05) is 62.4 Å². The monoisotopic (exact) mass is 283 g/mol. The minimum Gasteiger partial charge on any atom is -0.508 e. The smallest absolute Gasteiger partial charge is 0.120 e. The topological polar surface area (TPSA) is 32.3 Å². The van der Waals surface area contributed by atoms with Crippen molar-refractivity contribution < 1.29 is 5.11 Å². The molecule has 112 valence electrons. The lowest BCUT2D eigenvalue weighted by Gasteiger charge is -2.26. The zero-order valence-corrected chi connectivity index (χ0v) is 13.1. The van der Waals surface area contributed by atoms with Gasteiger partial charge in [0.1, 0.15) is 5.75 Å². The van der Waals surface area contributed by atoms with E-state index in [1.165, 1.54) is 5.56 Å². The second kappa shape index (κ2) is 7.28. The first-order valence-corrected chi connectivity index (χ1v) is 7.66. The molecule has 2 aromatic rings. The van der Waals surface area contributed by atoms with Gasteiger partial charge in [-0.05, 0) is 30.9 Å². The van der Waals surface area contributed by atoms with Gasteiger partial charge in [0.15, 0.2) is 0 Å². The molecule has 0 aliphatic rings. The van der Waals surface area contributed by atoms with Gasteiger partial charge in [0, 0.05) is 17.6 Å². The number of nitrogens with one attached hydrogen (secondary N) is 1. The van der Waals surface area contributed by atoms with E-state index in [1.54, 1.807) is 6.07 Å². The van der Waals surface area contributed by atoms with Gasteiger partial charge in [0.2, 0.25) is 0 Å². The molecule has 2 N–H and O–H groups in total.